The highest BCUT2D eigenvalue weighted by Crippen LogP contribution is 2.19. The molecule has 0 fully saturated rings. The lowest BCUT2D eigenvalue weighted by Gasteiger charge is -2.26. The van der Waals surface area contributed by atoms with Crippen LogP contribution in [0.5, 0.6) is 0 Å². The Kier molecular flexibility index (Phi) is 12.4. The first-order chi connectivity index (χ1) is 20.1. The van der Waals surface area contributed by atoms with E-state index in [0.717, 1.165) is 22.0 Å². The molecule has 11 heteroatoms. The van der Waals surface area contributed by atoms with Crippen LogP contribution in [0.3, 0.4) is 0 Å². The van der Waals surface area contributed by atoms with Crippen LogP contribution in [0.4, 0.5) is 0 Å². The second-order valence-corrected chi connectivity index (χ2v) is 11.5. The highest BCUT2D eigenvalue weighted by molar-refractivity contribution is 7.98. The Morgan fingerprint density at radius 3 is 2.17 bits per heavy atom. The van der Waals surface area contributed by atoms with E-state index in [4.69, 9.17) is 5.73 Å². The third kappa shape index (κ3) is 9.09. The van der Waals surface area contributed by atoms with Crippen LogP contribution in [-0.4, -0.2) is 70.0 Å². The molecule has 0 saturated heterocycles. The number of carbonyl (C=O) groups excluding carboxylic acids is 3. The molecule has 0 bridgehead atoms. The molecule has 226 valence electrons. The number of rotatable bonds is 16. The summed E-state index contributed by atoms with van der Waals surface area (Å²) in [6.45, 7) is 3.80. The van der Waals surface area contributed by atoms with Gasteiger partial charge >= 0.3 is 5.97 Å². The summed E-state index contributed by atoms with van der Waals surface area (Å²) < 4.78 is 0. The van der Waals surface area contributed by atoms with E-state index in [1.807, 2.05) is 74.7 Å². The largest absolute Gasteiger partial charge is 0.480 e. The van der Waals surface area contributed by atoms with Crippen molar-refractivity contribution in [2.24, 2.45) is 11.7 Å². The molecule has 1 aromatic heterocycles. The van der Waals surface area contributed by atoms with Crippen molar-refractivity contribution in [2.45, 2.75) is 63.7 Å². The minimum Gasteiger partial charge on any atom is -0.480 e. The highest BCUT2D eigenvalue weighted by Gasteiger charge is 2.31. The number of H-pyrrole nitrogens is 1. The molecule has 5 atom stereocenters. The van der Waals surface area contributed by atoms with Gasteiger partial charge in [0.15, 0.2) is 0 Å². The second-order valence-electron chi connectivity index (χ2n) is 10.5. The maximum absolute atomic E-state index is 13.6. The fourth-order valence-electron chi connectivity index (χ4n) is 4.61. The number of aromatic amines is 1. The SMILES string of the molecule is CCC(C)C(N)C(=O)NC(Cc1ccccc1)C(=O)NC(CCSC)C(=O)NC(Cc1c[nH]c2ccccc12)C(=O)O. The van der Waals surface area contributed by atoms with E-state index in [0.29, 0.717) is 12.2 Å². The predicted octanol–water partition coefficient (Wildman–Crippen LogP) is 2.62. The maximum Gasteiger partial charge on any atom is 0.326 e. The topological polar surface area (TPSA) is 166 Å². The molecule has 0 saturated carbocycles. The number of aliphatic carboxylic acids is 1. The van der Waals surface area contributed by atoms with Crippen LogP contribution >= 0.6 is 11.8 Å². The molecule has 3 rings (SSSR count). The summed E-state index contributed by atoms with van der Waals surface area (Å²) in [5, 5.41) is 19.0. The Labute approximate surface area is 250 Å². The average Bonchev–Trinajstić information content (AvgIpc) is 3.40. The van der Waals surface area contributed by atoms with Gasteiger partial charge in [0.2, 0.25) is 17.7 Å². The first kappa shape index (κ1) is 32.7. The zero-order valence-corrected chi connectivity index (χ0v) is 25.1. The van der Waals surface area contributed by atoms with Crippen molar-refractivity contribution in [1.29, 1.82) is 0 Å². The summed E-state index contributed by atoms with van der Waals surface area (Å²) in [6.07, 6.45) is 4.85. The Hall–Kier alpha value is -3.83. The number of hydrogen-bond donors (Lipinski definition) is 6. The lowest BCUT2D eigenvalue weighted by Crippen LogP contribution is -2.58. The molecule has 10 nitrogen and oxygen atoms in total. The molecule has 0 aliphatic carbocycles. The van der Waals surface area contributed by atoms with Gasteiger partial charge in [0.05, 0.1) is 6.04 Å². The molecule has 0 spiro atoms. The van der Waals surface area contributed by atoms with Gasteiger partial charge in [0.25, 0.3) is 0 Å². The zero-order valence-electron chi connectivity index (χ0n) is 24.3. The van der Waals surface area contributed by atoms with Crippen LogP contribution in [0.25, 0.3) is 10.9 Å². The third-order valence-electron chi connectivity index (χ3n) is 7.43. The number of nitrogens with one attached hydrogen (secondary N) is 4. The summed E-state index contributed by atoms with van der Waals surface area (Å²) in [5.41, 5.74) is 8.58. The van der Waals surface area contributed by atoms with Gasteiger partial charge in [-0.05, 0) is 41.5 Å². The fraction of sp³-hybridized carbons (Fsp3) is 0.419. The van der Waals surface area contributed by atoms with Crippen LogP contribution in [0, 0.1) is 5.92 Å². The van der Waals surface area contributed by atoms with Gasteiger partial charge < -0.3 is 31.8 Å². The maximum atomic E-state index is 13.6. The number of thioether (sulfide) groups is 1. The lowest BCUT2D eigenvalue weighted by molar-refractivity contribution is -0.142. The number of para-hydroxylation sites is 1. The minimum absolute atomic E-state index is 0.0640. The monoisotopic (exact) mass is 595 g/mol. The summed E-state index contributed by atoms with van der Waals surface area (Å²) >= 11 is 1.50. The second kappa shape index (κ2) is 16.0. The van der Waals surface area contributed by atoms with E-state index in [2.05, 4.69) is 20.9 Å². The molecule has 2 aromatic carbocycles. The molecular formula is C31H41N5O5S. The van der Waals surface area contributed by atoms with E-state index in [-0.39, 0.29) is 25.2 Å². The molecule has 7 N–H and O–H groups in total. The van der Waals surface area contributed by atoms with Gasteiger partial charge in [0, 0.05) is 29.9 Å². The Morgan fingerprint density at radius 2 is 1.50 bits per heavy atom. The number of carboxylic acids is 1. The smallest absolute Gasteiger partial charge is 0.326 e. The van der Waals surface area contributed by atoms with Gasteiger partial charge in [-0.25, -0.2) is 4.79 Å². The normalized spacial score (nSPS) is 14.8. The van der Waals surface area contributed by atoms with Crippen LogP contribution in [0.2, 0.25) is 0 Å². The summed E-state index contributed by atoms with van der Waals surface area (Å²) in [6, 6.07) is 12.8. The highest BCUT2D eigenvalue weighted by atomic mass is 32.2. The Morgan fingerprint density at radius 1 is 0.881 bits per heavy atom. The van der Waals surface area contributed by atoms with E-state index in [9.17, 15) is 24.3 Å². The Balaban J connectivity index is 1.77. The molecule has 1 heterocycles. The van der Waals surface area contributed by atoms with E-state index >= 15 is 0 Å². The minimum atomic E-state index is -1.21. The predicted molar refractivity (Wildman–Crippen MR) is 166 cm³/mol. The van der Waals surface area contributed by atoms with Crippen molar-refractivity contribution < 1.29 is 24.3 Å². The van der Waals surface area contributed by atoms with E-state index < -0.39 is 47.9 Å². The summed E-state index contributed by atoms with van der Waals surface area (Å²) in [5.74, 6) is -2.32. The van der Waals surface area contributed by atoms with Crippen molar-refractivity contribution in [3.8, 4) is 0 Å². The third-order valence-corrected chi connectivity index (χ3v) is 8.08. The summed E-state index contributed by atoms with van der Waals surface area (Å²) in [4.78, 5) is 55.2. The quantitative estimate of drug-likeness (QED) is 0.148. The van der Waals surface area contributed by atoms with Crippen molar-refractivity contribution in [1.82, 2.24) is 20.9 Å². The zero-order chi connectivity index (χ0) is 30.6. The molecule has 3 amide bonds. The number of amides is 3. The van der Waals surface area contributed by atoms with Crippen molar-refractivity contribution >= 4 is 46.4 Å². The van der Waals surface area contributed by atoms with Crippen molar-refractivity contribution in [3.05, 3.63) is 71.9 Å². The van der Waals surface area contributed by atoms with Gasteiger partial charge in [-0.15, -0.1) is 0 Å². The molecule has 0 aliphatic heterocycles. The van der Waals surface area contributed by atoms with Crippen LogP contribution in [0.15, 0.2) is 60.8 Å². The van der Waals surface area contributed by atoms with Crippen LogP contribution < -0.4 is 21.7 Å². The van der Waals surface area contributed by atoms with Gasteiger partial charge in [-0.1, -0.05) is 68.8 Å². The average molecular weight is 596 g/mol. The number of nitrogens with two attached hydrogens (primary N) is 1. The lowest BCUT2D eigenvalue weighted by atomic mass is 9.98. The van der Waals surface area contributed by atoms with Crippen LogP contribution in [0.1, 0.15) is 37.8 Å². The number of aromatic nitrogens is 1. The standard InChI is InChI=1S/C31H41N5O5S/c1-4-19(2)27(32)30(39)35-25(16-20-10-6-5-7-11-20)29(38)34-24(14-15-42-3)28(37)36-26(31(40)41)17-21-18-33-23-13-9-8-12-22(21)23/h5-13,18-19,24-27,33H,4,14-17,32H2,1-3H3,(H,34,38)(H,35,39)(H,36,37)(H,40,41). The summed E-state index contributed by atoms with van der Waals surface area (Å²) in [7, 11) is 0. The van der Waals surface area contributed by atoms with Crippen molar-refractivity contribution in [3.63, 3.8) is 0 Å². The number of fused-ring (bicyclic) bond motifs is 1. The molecular weight excluding hydrogens is 554 g/mol. The molecule has 42 heavy (non-hydrogen) atoms. The molecule has 0 aliphatic rings. The number of benzene rings is 2. The molecule has 0 radical (unpaired) electrons. The molecule has 5 unspecified atom stereocenters. The van der Waals surface area contributed by atoms with E-state index in [1.165, 1.54) is 11.8 Å². The van der Waals surface area contributed by atoms with Gasteiger partial charge in [-0.3, -0.25) is 14.4 Å². The fourth-order valence-corrected chi connectivity index (χ4v) is 5.08. The van der Waals surface area contributed by atoms with E-state index in [1.54, 1.807) is 6.20 Å². The number of carboxylic acid groups (broad SMARTS) is 1. The van der Waals surface area contributed by atoms with Crippen molar-refractivity contribution in [2.75, 3.05) is 12.0 Å². The first-order valence-corrected chi connectivity index (χ1v) is 15.5. The number of hydrogen-bond acceptors (Lipinski definition) is 6. The number of carbonyl (C=O) groups is 4. The molecule has 3 aromatic rings. The van der Waals surface area contributed by atoms with Gasteiger partial charge in [-0.2, -0.15) is 11.8 Å². The Bertz CT molecular complexity index is 1350. The van der Waals surface area contributed by atoms with Gasteiger partial charge in [0.1, 0.15) is 18.1 Å². The first-order valence-electron chi connectivity index (χ1n) is 14.1. The van der Waals surface area contributed by atoms with Crippen LogP contribution in [-0.2, 0) is 32.0 Å².